The minimum Gasteiger partial charge on any atom is -0.379 e. The molecule has 0 saturated carbocycles. The van der Waals surface area contributed by atoms with Crippen LogP contribution in [-0.2, 0) is 14.6 Å². The number of hydrogen-bond acceptors (Lipinski definition) is 8. The van der Waals surface area contributed by atoms with Crippen LogP contribution in [0.5, 0.6) is 0 Å². The van der Waals surface area contributed by atoms with E-state index in [1.807, 2.05) is 6.92 Å². The molecule has 23 heavy (non-hydrogen) atoms. The van der Waals surface area contributed by atoms with Gasteiger partial charge in [0.1, 0.15) is 4.21 Å². The SMILES string of the molecule is CC(CNc1sc(S(C)(=O)=O)cc1[N+](=O)[O-])N1CCOCC1C. The molecule has 2 unspecified atom stereocenters. The highest BCUT2D eigenvalue weighted by atomic mass is 32.2. The fraction of sp³-hybridized carbons (Fsp3) is 0.692. The smallest absolute Gasteiger partial charge is 0.304 e. The lowest BCUT2D eigenvalue weighted by molar-refractivity contribution is -0.383. The van der Waals surface area contributed by atoms with E-state index in [0.717, 1.165) is 30.2 Å². The van der Waals surface area contributed by atoms with E-state index in [9.17, 15) is 18.5 Å². The van der Waals surface area contributed by atoms with Gasteiger partial charge in [-0.15, -0.1) is 0 Å². The van der Waals surface area contributed by atoms with Gasteiger partial charge in [-0.1, -0.05) is 11.3 Å². The minimum absolute atomic E-state index is 0.000839. The lowest BCUT2D eigenvalue weighted by Gasteiger charge is -2.37. The highest BCUT2D eigenvalue weighted by Gasteiger charge is 2.26. The number of ether oxygens (including phenoxy) is 1. The molecule has 2 atom stereocenters. The summed E-state index contributed by atoms with van der Waals surface area (Å²) >= 11 is 0.900. The summed E-state index contributed by atoms with van der Waals surface area (Å²) in [6.07, 6.45) is 1.05. The summed E-state index contributed by atoms with van der Waals surface area (Å²) in [6.45, 7) is 6.75. The van der Waals surface area contributed by atoms with Crippen LogP contribution in [-0.4, -0.2) is 62.9 Å². The normalized spacial score (nSPS) is 21.1. The van der Waals surface area contributed by atoms with Crippen LogP contribution in [0.2, 0.25) is 0 Å². The standard InChI is InChI=1S/C13H21N3O5S2/c1-9(15-4-5-21-8-10(15)2)7-14-13-11(16(17)18)6-12(22-13)23(3,19)20/h6,9-10,14H,4-5,7-8H2,1-3H3. The Bertz CT molecular complexity index is 673. The molecule has 1 aliphatic rings. The number of nitrogens with zero attached hydrogens (tertiary/aromatic N) is 2. The molecule has 1 saturated heterocycles. The third-order valence-electron chi connectivity index (χ3n) is 3.80. The van der Waals surface area contributed by atoms with Gasteiger partial charge in [0, 0.05) is 37.5 Å². The Hall–Kier alpha value is -1.23. The third-order valence-corrected chi connectivity index (χ3v) is 6.68. The van der Waals surface area contributed by atoms with Gasteiger partial charge in [0.25, 0.3) is 0 Å². The van der Waals surface area contributed by atoms with Gasteiger partial charge in [-0.05, 0) is 13.8 Å². The molecule has 1 aromatic heterocycles. The Labute approximate surface area is 139 Å². The van der Waals surface area contributed by atoms with Crippen molar-refractivity contribution in [1.82, 2.24) is 4.90 Å². The topological polar surface area (TPSA) is 102 Å². The molecular formula is C13H21N3O5S2. The first-order chi connectivity index (χ1) is 10.7. The molecule has 1 N–H and O–H groups in total. The van der Waals surface area contributed by atoms with Crippen molar-refractivity contribution in [3.63, 3.8) is 0 Å². The minimum atomic E-state index is -3.46. The molecule has 2 heterocycles. The summed E-state index contributed by atoms with van der Waals surface area (Å²) in [5, 5.41) is 14.4. The van der Waals surface area contributed by atoms with Crippen molar-refractivity contribution in [1.29, 1.82) is 0 Å². The van der Waals surface area contributed by atoms with Gasteiger partial charge in [0.2, 0.25) is 0 Å². The van der Waals surface area contributed by atoms with E-state index in [2.05, 4.69) is 17.1 Å². The van der Waals surface area contributed by atoms with Crippen molar-refractivity contribution in [3.8, 4) is 0 Å². The zero-order chi connectivity index (χ0) is 17.2. The first kappa shape index (κ1) is 18.1. The Morgan fingerprint density at radius 3 is 2.87 bits per heavy atom. The highest BCUT2D eigenvalue weighted by Crippen LogP contribution is 2.37. The number of thiophene rings is 1. The quantitative estimate of drug-likeness (QED) is 0.605. The molecule has 10 heteroatoms. The van der Waals surface area contributed by atoms with E-state index in [-0.39, 0.29) is 27.0 Å². The first-order valence-corrected chi connectivity index (χ1v) is 9.96. The number of anilines is 1. The number of morpholine rings is 1. The maximum Gasteiger partial charge on any atom is 0.304 e. The molecule has 1 aromatic rings. The summed E-state index contributed by atoms with van der Waals surface area (Å²) in [7, 11) is -3.46. The van der Waals surface area contributed by atoms with Crippen LogP contribution in [0.3, 0.4) is 0 Å². The lowest BCUT2D eigenvalue weighted by Crippen LogP contribution is -2.50. The number of rotatable bonds is 6. The van der Waals surface area contributed by atoms with Crippen LogP contribution in [0.4, 0.5) is 10.7 Å². The lowest BCUT2D eigenvalue weighted by atomic mass is 10.2. The molecule has 1 aliphatic heterocycles. The Morgan fingerprint density at radius 1 is 1.61 bits per heavy atom. The van der Waals surface area contributed by atoms with Crippen molar-refractivity contribution in [3.05, 3.63) is 16.2 Å². The summed E-state index contributed by atoms with van der Waals surface area (Å²) in [6, 6.07) is 1.55. The first-order valence-electron chi connectivity index (χ1n) is 7.25. The van der Waals surface area contributed by atoms with Crippen LogP contribution < -0.4 is 5.32 Å². The van der Waals surface area contributed by atoms with Crippen molar-refractivity contribution in [2.75, 3.05) is 37.9 Å². The number of nitro groups is 1. The molecule has 0 spiro atoms. The number of hydrogen-bond donors (Lipinski definition) is 1. The molecule has 2 rings (SSSR count). The van der Waals surface area contributed by atoms with E-state index in [0.29, 0.717) is 19.8 Å². The summed E-state index contributed by atoms with van der Waals surface area (Å²) < 4.78 is 28.6. The Morgan fingerprint density at radius 2 is 2.30 bits per heavy atom. The highest BCUT2D eigenvalue weighted by molar-refractivity contribution is 7.92. The van der Waals surface area contributed by atoms with Crippen molar-refractivity contribution in [2.45, 2.75) is 30.1 Å². The van der Waals surface area contributed by atoms with Crippen LogP contribution in [0.1, 0.15) is 13.8 Å². The van der Waals surface area contributed by atoms with Crippen molar-refractivity contribution < 1.29 is 18.1 Å². The molecule has 0 aromatic carbocycles. The second-order valence-electron chi connectivity index (χ2n) is 5.70. The van der Waals surface area contributed by atoms with Crippen LogP contribution >= 0.6 is 11.3 Å². The molecule has 1 fully saturated rings. The molecule has 0 aliphatic carbocycles. The van der Waals surface area contributed by atoms with Gasteiger partial charge in [-0.3, -0.25) is 15.0 Å². The number of nitrogens with one attached hydrogen (secondary N) is 1. The zero-order valence-corrected chi connectivity index (χ0v) is 14.9. The Balaban J connectivity index is 2.10. The van der Waals surface area contributed by atoms with Crippen LogP contribution in [0, 0.1) is 10.1 Å². The second-order valence-corrected chi connectivity index (χ2v) is 9.00. The second kappa shape index (κ2) is 7.12. The van der Waals surface area contributed by atoms with Gasteiger partial charge in [-0.2, -0.15) is 0 Å². The van der Waals surface area contributed by atoms with Crippen LogP contribution in [0.15, 0.2) is 10.3 Å². The van der Waals surface area contributed by atoms with Crippen LogP contribution in [0.25, 0.3) is 0 Å². The fourth-order valence-electron chi connectivity index (χ4n) is 2.56. The predicted molar refractivity (Wildman–Crippen MR) is 89.0 cm³/mol. The van der Waals surface area contributed by atoms with Crippen molar-refractivity contribution >= 4 is 31.9 Å². The molecule has 0 bridgehead atoms. The van der Waals surface area contributed by atoms with E-state index < -0.39 is 14.8 Å². The van der Waals surface area contributed by atoms with E-state index in [1.165, 1.54) is 0 Å². The monoisotopic (exact) mass is 363 g/mol. The molecule has 0 radical (unpaired) electrons. The van der Waals surface area contributed by atoms with Crippen molar-refractivity contribution in [2.24, 2.45) is 0 Å². The van der Waals surface area contributed by atoms with Gasteiger partial charge < -0.3 is 10.1 Å². The summed E-state index contributed by atoms with van der Waals surface area (Å²) in [4.78, 5) is 12.8. The van der Waals surface area contributed by atoms with Gasteiger partial charge in [0.05, 0.1) is 18.1 Å². The molecule has 8 nitrogen and oxygen atoms in total. The summed E-state index contributed by atoms with van der Waals surface area (Å²) in [5.41, 5.74) is -0.197. The molecule has 0 amide bonds. The average Bonchev–Trinajstić information content (AvgIpc) is 2.89. The number of sulfone groups is 1. The zero-order valence-electron chi connectivity index (χ0n) is 13.3. The van der Waals surface area contributed by atoms with Gasteiger partial charge >= 0.3 is 5.69 Å². The average molecular weight is 363 g/mol. The van der Waals surface area contributed by atoms with E-state index >= 15 is 0 Å². The maximum atomic E-state index is 11.6. The maximum absolute atomic E-state index is 11.6. The molecular weight excluding hydrogens is 342 g/mol. The largest absolute Gasteiger partial charge is 0.379 e. The van der Waals surface area contributed by atoms with Gasteiger partial charge in [-0.25, -0.2) is 8.42 Å². The summed E-state index contributed by atoms with van der Waals surface area (Å²) in [5.74, 6) is 0. The van der Waals surface area contributed by atoms with E-state index in [1.54, 1.807) is 0 Å². The predicted octanol–water partition coefficient (Wildman–Crippen LogP) is 1.58. The van der Waals surface area contributed by atoms with E-state index in [4.69, 9.17) is 4.74 Å². The fourth-order valence-corrected chi connectivity index (χ4v) is 4.50. The van der Waals surface area contributed by atoms with Gasteiger partial charge in [0.15, 0.2) is 14.8 Å². The Kier molecular flexibility index (Phi) is 5.61. The third kappa shape index (κ3) is 4.40. The molecule has 130 valence electrons.